The number of halogens is 1. The SMILES string of the molecule is CCc1cccc(Oc2nc(Cl)c(C(=O)O)s2)c1. The molecule has 0 aliphatic carbocycles. The summed E-state index contributed by atoms with van der Waals surface area (Å²) in [4.78, 5) is 14.7. The number of hydrogen-bond acceptors (Lipinski definition) is 4. The van der Waals surface area contributed by atoms with E-state index in [-0.39, 0.29) is 15.2 Å². The Labute approximate surface area is 113 Å². The number of benzene rings is 1. The highest BCUT2D eigenvalue weighted by Crippen LogP contribution is 2.32. The number of carboxylic acid groups (broad SMARTS) is 1. The van der Waals surface area contributed by atoms with Gasteiger partial charge in [0, 0.05) is 0 Å². The van der Waals surface area contributed by atoms with Crippen LogP contribution < -0.4 is 4.74 Å². The average molecular weight is 284 g/mol. The molecule has 2 aromatic rings. The van der Waals surface area contributed by atoms with Crippen LogP contribution in [0.5, 0.6) is 10.9 Å². The number of aromatic carboxylic acids is 1. The minimum absolute atomic E-state index is 0.0155. The number of rotatable bonds is 4. The number of hydrogen-bond donors (Lipinski definition) is 1. The Bertz CT molecular complexity index is 582. The maximum absolute atomic E-state index is 10.8. The molecule has 4 nitrogen and oxygen atoms in total. The highest BCUT2D eigenvalue weighted by atomic mass is 35.5. The van der Waals surface area contributed by atoms with Gasteiger partial charge in [0.2, 0.25) is 0 Å². The number of aryl methyl sites for hydroxylation is 1. The van der Waals surface area contributed by atoms with E-state index in [1.54, 1.807) is 6.07 Å². The third kappa shape index (κ3) is 2.80. The zero-order chi connectivity index (χ0) is 13.1. The maximum atomic E-state index is 10.8. The summed E-state index contributed by atoms with van der Waals surface area (Å²) in [5.74, 6) is -0.480. The molecule has 0 fully saturated rings. The Morgan fingerprint density at radius 2 is 2.33 bits per heavy atom. The van der Waals surface area contributed by atoms with Crippen molar-refractivity contribution < 1.29 is 14.6 Å². The van der Waals surface area contributed by atoms with E-state index in [2.05, 4.69) is 4.98 Å². The zero-order valence-electron chi connectivity index (χ0n) is 9.51. The van der Waals surface area contributed by atoms with Gasteiger partial charge >= 0.3 is 5.97 Å². The van der Waals surface area contributed by atoms with Crippen LogP contribution in [0.2, 0.25) is 5.15 Å². The van der Waals surface area contributed by atoms with E-state index in [4.69, 9.17) is 21.4 Å². The minimum Gasteiger partial charge on any atom is -0.477 e. The van der Waals surface area contributed by atoms with Crippen molar-refractivity contribution in [1.82, 2.24) is 4.98 Å². The summed E-state index contributed by atoms with van der Waals surface area (Å²) in [6, 6.07) is 7.54. The van der Waals surface area contributed by atoms with Crippen LogP contribution in [0, 0.1) is 0 Å². The first kappa shape index (κ1) is 12.9. The van der Waals surface area contributed by atoms with Gasteiger partial charge in [-0.15, -0.1) is 0 Å². The van der Waals surface area contributed by atoms with E-state index in [0.29, 0.717) is 5.75 Å². The highest BCUT2D eigenvalue weighted by molar-refractivity contribution is 7.15. The van der Waals surface area contributed by atoms with Crippen LogP contribution in [0.4, 0.5) is 0 Å². The van der Waals surface area contributed by atoms with Gasteiger partial charge in [-0.25, -0.2) is 4.79 Å². The third-order valence-corrected chi connectivity index (χ3v) is 3.58. The van der Waals surface area contributed by atoms with Gasteiger partial charge in [0.15, 0.2) is 10.0 Å². The molecule has 1 heterocycles. The van der Waals surface area contributed by atoms with Crippen LogP contribution in [-0.2, 0) is 6.42 Å². The van der Waals surface area contributed by atoms with E-state index in [1.807, 2.05) is 25.1 Å². The number of carbonyl (C=O) groups is 1. The molecular formula is C12H10ClNO3S. The second-order valence-corrected chi connectivity index (χ2v) is 4.83. The normalized spacial score (nSPS) is 10.3. The Hall–Kier alpha value is -1.59. The number of aromatic nitrogens is 1. The Morgan fingerprint density at radius 1 is 1.56 bits per heavy atom. The quantitative estimate of drug-likeness (QED) is 0.926. The van der Waals surface area contributed by atoms with Crippen LogP contribution in [0.1, 0.15) is 22.2 Å². The van der Waals surface area contributed by atoms with Gasteiger partial charge in [-0.3, -0.25) is 0 Å². The van der Waals surface area contributed by atoms with Crippen LogP contribution in [-0.4, -0.2) is 16.1 Å². The molecule has 0 atom stereocenters. The van der Waals surface area contributed by atoms with Gasteiger partial charge in [0.05, 0.1) is 0 Å². The van der Waals surface area contributed by atoms with Crippen molar-refractivity contribution in [3.8, 4) is 10.9 Å². The fourth-order valence-electron chi connectivity index (χ4n) is 1.39. The molecule has 0 aliphatic heterocycles. The lowest BCUT2D eigenvalue weighted by Gasteiger charge is -2.02. The molecule has 0 unspecified atom stereocenters. The van der Waals surface area contributed by atoms with E-state index in [1.165, 1.54) is 0 Å². The predicted molar refractivity (Wildman–Crippen MR) is 70.0 cm³/mol. The Kier molecular flexibility index (Phi) is 3.84. The molecule has 0 spiro atoms. The van der Waals surface area contributed by atoms with Crippen molar-refractivity contribution in [3.63, 3.8) is 0 Å². The highest BCUT2D eigenvalue weighted by Gasteiger charge is 2.16. The molecule has 0 amide bonds. The molecule has 1 aromatic carbocycles. The molecule has 0 saturated heterocycles. The number of carboxylic acids is 1. The Balaban J connectivity index is 2.23. The zero-order valence-corrected chi connectivity index (χ0v) is 11.1. The van der Waals surface area contributed by atoms with Crippen LogP contribution >= 0.6 is 22.9 Å². The second-order valence-electron chi connectivity index (χ2n) is 3.51. The summed E-state index contributed by atoms with van der Waals surface area (Å²) in [7, 11) is 0. The number of thiazole rings is 1. The summed E-state index contributed by atoms with van der Waals surface area (Å²) < 4.78 is 5.49. The van der Waals surface area contributed by atoms with Crippen molar-refractivity contribution in [2.75, 3.05) is 0 Å². The van der Waals surface area contributed by atoms with Crippen molar-refractivity contribution in [2.24, 2.45) is 0 Å². The molecular weight excluding hydrogens is 274 g/mol. The van der Waals surface area contributed by atoms with Crippen molar-refractivity contribution in [1.29, 1.82) is 0 Å². The van der Waals surface area contributed by atoms with Gasteiger partial charge in [-0.1, -0.05) is 42.0 Å². The number of nitrogens with zero attached hydrogens (tertiary/aromatic N) is 1. The predicted octanol–water partition coefficient (Wildman–Crippen LogP) is 3.85. The monoisotopic (exact) mass is 283 g/mol. The fraction of sp³-hybridized carbons (Fsp3) is 0.167. The molecule has 2 rings (SSSR count). The van der Waals surface area contributed by atoms with Gasteiger partial charge in [-0.2, -0.15) is 4.98 Å². The van der Waals surface area contributed by atoms with Crippen molar-refractivity contribution in [2.45, 2.75) is 13.3 Å². The van der Waals surface area contributed by atoms with Crippen LogP contribution in [0.15, 0.2) is 24.3 Å². The van der Waals surface area contributed by atoms with Crippen molar-refractivity contribution in [3.05, 3.63) is 39.9 Å². The first-order valence-electron chi connectivity index (χ1n) is 5.26. The van der Waals surface area contributed by atoms with Gasteiger partial charge in [0.25, 0.3) is 5.19 Å². The third-order valence-electron chi connectivity index (χ3n) is 2.27. The van der Waals surface area contributed by atoms with Gasteiger partial charge < -0.3 is 9.84 Å². The topological polar surface area (TPSA) is 59.4 Å². The summed E-state index contributed by atoms with van der Waals surface area (Å²) in [6.45, 7) is 2.04. The second kappa shape index (κ2) is 5.37. The lowest BCUT2D eigenvalue weighted by atomic mass is 10.2. The lowest BCUT2D eigenvalue weighted by Crippen LogP contribution is -1.91. The minimum atomic E-state index is -1.10. The largest absolute Gasteiger partial charge is 0.477 e. The maximum Gasteiger partial charge on any atom is 0.349 e. The standard InChI is InChI=1S/C12H10ClNO3S/c1-2-7-4-3-5-8(6-7)17-12-14-10(13)9(18-12)11(15)16/h3-6H,2H2,1H3,(H,15,16). The first-order chi connectivity index (χ1) is 8.60. The van der Waals surface area contributed by atoms with Crippen LogP contribution in [0.3, 0.4) is 0 Å². The molecule has 0 aliphatic rings. The summed E-state index contributed by atoms with van der Waals surface area (Å²) >= 11 is 6.61. The van der Waals surface area contributed by atoms with Crippen LogP contribution in [0.25, 0.3) is 0 Å². The number of ether oxygens (including phenoxy) is 1. The molecule has 0 radical (unpaired) electrons. The van der Waals surface area contributed by atoms with E-state index < -0.39 is 5.97 Å². The smallest absolute Gasteiger partial charge is 0.349 e. The molecule has 0 bridgehead atoms. The first-order valence-corrected chi connectivity index (χ1v) is 6.46. The summed E-state index contributed by atoms with van der Waals surface area (Å²) in [5, 5.41) is 9.04. The molecule has 18 heavy (non-hydrogen) atoms. The molecule has 1 N–H and O–H groups in total. The van der Waals surface area contributed by atoms with E-state index >= 15 is 0 Å². The summed E-state index contributed by atoms with van der Waals surface area (Å²) in [5.41, 5.74) is 1.13. The van der Waals surface area contributed by atoms with E-state index in [9.17, 15) is 4.79 Å². The van der Waals surface area contributed by atoms with Gasteiger partial charge in [-0.05, 0) is 24.1 Å². The molecule has 0 saturated carbocycles. The molecule has 6 heteroatoms. The molecule has 1 aromatic heterocycles. The molecule has 94 valence electrons. The van der Waals surface area contributed by atoms with Gasteiger partial charge in [0.1, 0.15) is 5.75 Å². The van der Waals surface area contributed by atoms with E-state index in [0.717, 1.165) is 23.3 Å². The average Bonchev–Trinajstić information content (AvgIpc) is 2.70. The van der Waals surface area contributed by atoms with Crippen molar-refractivity contribution >= 4 is 28.9 Å². The lowest BCUT2D eigenvalue weighted by molar-refractivity contribution is 0.0702. The Morgan fingerprint density at radius 3 is 2.94 bits per heavy atom. The fourth-order valence-corrected chi connectivity index (χ4v) is 2.38. The summed E-state index contributed by atoms with van der Waals surface area (Å²) in [6.07, 6.45) is 0.899.